The highest BCUT2D eigenvalue weighted by atomic mass is 16.5. The molecule has 1 fully saturated rings. The highest BCUT2D eigenvalue weighted by Gasteiger charge is 2.53. The first kappa shape index (κ1) is 16.4. The summed E-state index contributed by atoms with van der Waals surface area (Å²) in [5, 5.41) is 7.20. The predicted octanol–water partition coefficient (Wildman–Crippen LogP) is 3.70. The van der Waals surface area contributed by atoms with Crippen LogP contribution in [0.1, 0.15) is 24.1 Å². The molecule has 1 heterocycles. The number of aromatic nitrogens is 1. The third kappa shape index (κ3) is 3.08. The molecule has 5 heteroatoms. The van der Waals surface area contributed by atoms with Crippen LogP contribution in [0.2, 0.25) is 0 Å². The number of hydrogen-bond acceptors (Lipinski definition) is 4. The van der Waals surface area contributed by atoms with Gasteiger partial charge in [-0.1, -0.05) is 47.6 Å². The minimum atomic E-state index is -0.560. The summed E-state index contributed by atoms with van der Waals surface area (Å²) in [7, 11) is 1.63. The number of ether oxygens (including phenoxy) is 1. The molecule has 0 saturated heterocycles. The van der Waals surface area contributed by atoms with Crippen LogP contribution >= 0.6 is 0 Å². The van der Waals surface area contributed by atoms with Gasteiger partial charge in [0.05, 0.1) is 18.2 Å². The van der Waals surface area contributed by atoms with Gasteiger partial charge in [-0.15, -0.1) is 0 Å². The van der Waals surface area contributed by atoms with Crippen LogP contribution in [-0.2, 0) is 16.8 Å². The highest BCUT2D eigenvalue weighted by Crippen LogP contribution is 2.48. The molecule has 0 radical (unpaired) electrons. The van der Waals surface area contributed by atoms with Gasteiger partial charge in [-0.2, -0.15) is 0 Å². The molecule has 1 aromatic heterocycles. The summed E-state index contributed by atoms with van der Waals surface area (Å²) in [4.78, 5) is 12.8. The quantitative estimate of drug-likeness (QED) is 0.738. The van der Waals surface area contributed by atoms with Crippen molar-refractivity contribution in [1.29, 1.82) is 0 Å². The number of methoxy groups -OCH3 is 1. The zero-order chi connectivity index (χ0) is 18.0. The Hall–Kier alpha value is -3.08. The van der Waals surface area contributed by atoms with E-state index in [2.05, 4.69) is 10.5 Å². The standard InChI is InChI=1S/C21H20N2O3/c1-25-17-9-5-6-15(12-17)14-22-20(24)21(10-11-21)19-13-18(26-23-19)16-7-3-2-4-8-16/h2-9,12-13H,10-11,14H2,1H3,(H,22,24). The topological polar surface area (TPSA) is 64.4 Å². The normalized spacial score (nSPS) is 14.7. The maximum absolute atomic E-state index is 12.8. The fourth-order valence-corrected chi connectivity index (χ4v) is 3.10. The molecule has 2 aromatic carbocycles. The van der Waals surface area contributed by atoms with Crippen molar-refractivity contribution in [1.82, 2.24) is 10.5 Å². The first-order valence-corrected chi connectivity index (χ1v) is 8.65. The molecular weight excluding hydrogens is 328 g/mol. The molecule has 1 aliphatic carbocycles. The molecule has 5 nitrogen and oxygen atoms in total. The van der Waals surface area contributed by atoms with Crippen LogP contribution in [0.5, 0.6) is 5.75 Å². The summed E-state index contributed by atoms with van der Waals surface area (Å²) in [6, 6.07) is 19.3. The van der Waals surface area contributed by atoms with Crippen LogP contribution < -0.4 is 10.1 Å². The molecule has 4 rings (SSSR count). The van der Waals surface area contributed by atoms with Crippen molar-refractivity contribution < 1.29 is 14.1 Å². The van der Waals surface area contributed by atoms with Crippen LogP contribution in [0.15, 0.2) is 65.2 Å². The molecule has 0 aliphatic heterocycles. The summed E-state index contributed by atoms with van der Waals surface area (Å²) >= 11 is 0. The smallest absolute Gasteiger partial charge is 0.232 e. The van der Waals surface area contributed by atoms with Crippen molar-refractivity contribution in [2.24, 2.45) is 0 Å². The van der Waals surface area contributed by atoms with Crippen LogP contribution in [0.4, 0.5) is 0 Å². The molecule has 0 spiro atoms. The first-order valence-electron chi connectivity index (χ1n) is 8.65. The molecule has 132 valence electrons. The maximum atomic E-state index is 12.8. The van der Waals surface area contributed by atoms with E-state index in [0.717, 1.165) is 29.7 Å². The minimum Gasteiger partial charge on any atom is -0.497 e. The number of benzene rings is 2. The molecular formula is C21H20N2O3. The molecule has 1 saturated carbocycles. The van der Waals surface area contributed by atoms with Crippen molar-refractivity contribution in [3.05, 3.63) is 71.9 Å². The zero-order valence-corrected chi connectivity index (χ0v) is 14.6. The van der Waals surface area contributed by atoms with Gasteiger partial charge >= 0.3 is 0 Å². The summed E-state index contributed by atoms with van der Waals surface area (Å²) < 4.78 is 10.7. The van der Waals surface area contributed by atoms with E-state index < -0.39 is 5.41 Å². The Labute approximate surface area is 152 Å². The molecule has 3 aromatic rings. The van der Waals surface area contributed by atoms with Gasteiger partial charge in [0, 0.05) is 18.2 Å². The Balaban J connectivity index is 1.47. The maximum Gasteiger partial charge on any atom is 0.232 e. The van der Waals surface area contributed by atoms with Crippen LogP contribution in [-0.4, -0.2) is 18.2 Å². The average molecular weight is 348 g/mol. The minimum absolute atomic E-state index is 0.00627. The van der Waals surface area contributed by atoms with E-state index in [1.807, 2.05) is 60.7 Å². The van der Waals surface area contributed by atoms with E-state index in [-0.39, 0.29) is 5.91 Å². The predicted molar refractivity (Wildman–Crippen MR) is 97.7 cm³/mol. The van der Waals surface area contributed by atoms with E-state index in [1.165, 1.54) is 0 Å². The molecule has 1 aliphatic rings. The Morgan fingerprint density at radius 3 is 2.69 bits per heavy atom. The number of nitrogens with zero attached hydrogens (tertiary/aromatic N) is 1. The lowest BCUT2D eigenvalue weighted by Crippen LogP contribution is -2.34. The van der Waals surface area contributed by atoms with Crippen molar-refractivity contribution in [3.8, 4) is 17.1 Å². The second kappa shape index (κ2) is 6.67. The zero-order valence-electron chi connectivity index (χ0n) is 14.6. The van der Waals surface area contributed by atoms with Crippen molar-refractivity contribution in [2.75, 3.05) is 7.11 Å². The van der Waals surface area contributed by atoms with Gasteiger partial charge in [-0.3, -0.25) is 4.79 Å². The third-order valence-electron chi connectivity index (χ3n) is 4.83. The van der Waals surface area contributed by atoms with E-state index in [1.54, 1.807) is 7.11 Å². The fraction of sp³-hybridized carbons (Fsp3) is 0.238. The average Bonchev–Trinajstić information content (AvgIpc) is 3.36. The number of amides is 1. The first-order chi connectivity index (χ1) is 12.7. The number of hydrogen-bond donors (Lipinski definition) is 1. The van der Waals surface area contributed by atoms with Gasteiger partial charge < -0.3 is 14.6 Å². The Bertz CT molecular complexity index is 914. The van der Waals surface area contributed by atoms with Gasteiger partial charge in [0.15, 0.2) is 5.76 Å². The molecule has 1 N–H and O–H groups in total. The monoisotopic (exact) mass is 348 g/mol. The Morgan fingerprint density at radius 2 is 1.96 bits per heavy atom. The van der Waals surface area contributed by atoms with Gasteiger partial charge in [0.2, 0.25) is 5.91 Å². The Morgan fingerprint density at radius 1 is 1.15 bits per heavy atom. The van der Waals surface area contributed by atoms with E-state index in [4.69, 9.17) is 9.26 Å². The fourth-order valence-electron chi connectivity index (χ4n) is 3.10. The lowest BCUT2D eigenvalue weighted by Gasteiger charge is -2.13. The van der Waals surface area contributed by atoms with E-state index >= 15 is 0 Å². The van der Waals surface area contributed by atoms with Crippen LogP contribution in [0.3, 0.4) is 0 Å². The van der Waals surface area contributed by atoms with Crippen molar-refractivity contribution >= 4 is 5.91 Å². The molecule has 0 unspecified atom stereocenters. The number of nitrogens with one attached hydrogen (secondary N) is 1. The van der Waals surface area contributed by atoms with Crippen molar-refractivity contribution in [2.45, 2.75) is 24.8 Å². The van der Waals surface area contributed by atoms with Crippen molar-refractivity contribution in [3.63, 3.8) is 0 Å². The van der Waals surface area contributed by atoms with Gasteiger partial charge in [-0.25, -0.2) is 0 Å². The second-order valence-electron chi connectivity index (χ2n) is 6.56. The lowest BCUT2D eigenvalue weighted by molar-refractivity contribution is -0.123. The lowest BCUT2D eigenvalue weighted by atomic mass is 10.00. The number of carbonyl (C=O) groups excluding carboxylic acids is 1. The van der Waals surface area contributed by atoms with Crippen LogP contribution in [0.25, 0.3) is 11.3 Å². The molecule has 0 atom stereocenters. The molecule has 0 bridgehead atoms. The van der Waals surface area contributed by atoms with Gasteiger partial charge in [0.1, 0.15) is 5.75 Å². The largest absolute Gasteiger partial charge is 0.497 e. The number of rotatable bonds is 6. The summed E-state index contributed by atoms with van der Waals surface area (Å²) in [5.41, 5.74) is 2.10. The SMILES string of the molecule is COc1cccc(CNC(=O)C2(c3cc(-c4ccccc4)on3)CC2)c1. The second-order valence-corrected chi connectivity index (χ2v) is 6.56. The molecule has 1 amide bonds. The Kier molecular flexibility index (Phi) is 4.21. The summed E-state index contributed by atoms with van der Waals surface area (Å²) in [6.45, 7) is 0.460. The number of carbonyl (C=O) groups is 1. The van der Waals surface area contributed by atoms with E-state index in [9.17, 15) is 4.79 Å². The van der Waals surface area contributed by atoms with Gasteiger partial charge in [0.25, 0.3) is 0 Å². The highest BCUT2D eigenvalue weighted by molar-refractivity contribution is 5.91. The summed E-state index contributed by atoms with van der Waals surface area (Å²) in [5.74, 6) is 1.46. The summed E-state index contributed by atoms with van der Waals surface area (Å²) in [6.07, 6.45) is 1.58. The van der Waals surface area contributed by atoms with Gasteiger partial charge in [-0.05, 0) is 30.5 Å². The molecule has 26 heavy (non-hydrogen) atoms. The van der Waals surface area contributed by atoms with E-state index in [0.29, 0.717) is 18.0 Å². The van der Waals surface area contributed by atoms with Crippen LogP contribution in [0, 0.1) is 0 Å². The third-order valence-corrected chi connectivity index (χ3v) is 4.83.